The van der Waals surface area contributed by atoms with Crippen LogP contribution in [0.15, 0.2) is 60.2 Å². The molecule has 0 fully saturated rings. The van der Waals surface area contributed by atoms with Crippen molar-refractivity contribution in [3.8, 4) is 11.9 Å². The second kappa shape index (κ2) is 14.7. The summed E-state index contributed by atoms with van der Waals surface area (Å²) in [5, 5.41) is 12.3. The van der Waals surface area contributed by atoms with Crippen molar-refractivity contribution in [3.05, 3.63) is 82.0 Å². The summed E-state index contributed by atoms with van der Waals surface area (Å²) in [7, 11) is 1.87. The molecule has 3 N–H and O–H groups in total. The maximum atomic E-state index is 12.2. The van der Waals surface area contributed by atoms with E-state index in [0.29, 0.717) is 18.7 Å². The third-order valence-corrected chi connectivity index (χ3v) is 5.77. The molecule has 42 heavy (non-hydrogen) atoms. The Bertz CT molecular complexity index is 1430. The minimum absolute atomic E-state index is 0.0356. The number of nitrogens with zero attached hydrogens (tertiary/aromatic N) is 4. The van der Waals surface area contributed by atoms with Gasteiger partial charge in [0.2, 0.25) is 11.8 Å². The molecule has 1 amide bonds. The Morgan fingerprint density at radius 3 is 2.38 bits per heavy atom. The van der Waals surface area contributed by atoms with Gasteiger partial charge in [-0.2, -0.15) is 10.2 Å². The van der Waals surface area contributed by atoms with Crippen molar-refractivity contribution in [1.82, 2.24) is 15.3 Å². The number of hydrogen-bond acceptors (Lipinski definition) is 10. The molecule has 1 heterocycles. The Labute approximate surface area is 249 Å². The molecule has 0 unspecified atom stereocenters. The molecule has 0 saturated carbocycles. The number of halogens is 1. The molecule has 0 aliphatic heterocycles. The predicted molar refractivity (Wildman–Crippen MR) is 160 cm³/mol. The zero-order chi connectivity index (χ0) is 30.7. The van der Waals surface area contributed by atoms with E-state index in [2.05, 4.69) is 15.3 Å². The fraction of sp³-hybridized carbons (Fsp3) is 0.300. The van der Waals surface area contributed by atoms with Crippen LogP contribution in [-0.2, 0) is 27.4 Å². The minimum Gasteiger partial charge on any atom is -0.473 e. The van der Waals surface area contributed by atoms with E-state index in [-0.39, 0.29) is 35.8 Å². The summed E-state index contributed by atoms with van der Waals surface area (Å²) in [5.74, 6) is -0.348. The van der Waals surface area contributed by atoms with E-state index < -0.39 is 17.7 Å². The zero-order valence-corrected chi connectivity index (χ0v) is 24.6. The maximum absolute atomic E-state index is 12.2. The Hall–Kier alpha value is -4.82. The van der Waals surface area contributed by atoms with E-state index in [9.17, 15) is 14.9 Å². The van der Waals surface area contributed by atoms with E-state index in [4.69, 9.17) is 31.5 Å². The number of benzene rings is 2. The predicted octanol–water partition coefficient (Wildman–Crippen LogP) is 4.90. The highest BCUT2D eigenvalue weighted by Gasteiger charge is 2.19. The van der Waals surface area contributed by atoms with Crippen LogP contribution in [0.3, 0.4) is 0 Å². The molecule has 2 aromatic carbocycles. The number of nitrogens with one attached hydrogen (secondary N) is 1. The zero-order valence-electron chi connectivity index (χ0n) is 23.9. The number of rotatable bonds is 11. The van der Waals surface area contributed by atoms with Gasteiger partial charge in [0.05, 0.1) is 6.54 Å². The van der Waals surface area contributed by atoms with Crippen LogP contribution >= 0.6 is 11.6 Å². The molecule has 0 radical (unpaired) electrons. The number of ether oxygens (including phenoxy) is 3. The highest BCUT2D eigenvalue weighted by molar-refractivity contribution is 6.29. The van der Waals surface area contributed by atoms with Crippen molar-refractivity contribution in [1.29, 1.82) is 5.26 Å². The van der Waals surface area contributed by atoms with E-state index >= 15 is 0 Å². The topological polar surface area (TPSA) is 153 Å². The van der Waals surface area contributed by atoms with E-state index in [1.54, 1.807) is 32.9 Å². The smallest absolute Gasteiger partial charge is 0.407 e. The standard InChI is InChI=1S/C30H33ClN6O5/c1-30(2,3)42-27(38)23(17-32)15-20-9-11-24(12-10-20)37(4)13-14-40-29(39)34-18-21-5-7-22(8-6-21)19-41-26-16-25(31)35-28(33)36-26/h5-12,15-16H,13-14,18-19H2,1-4H3,(H,34,39)(H2,33,35,36)/b23-15+. The van der Waals surface area contributed by atoms with E-state index in [0.717, 1.165) is 16.8 Å². The van der Waals surface area contributed by atoms with Crippen LogP contribution in [0.5, 0.6) is 5.88 Å². The van der Waals surface area contributed by atoms with Gasteiger partial charge in [0.1, 0.15) is 35.6 Å². The average Bonchev–Trinajstić information content (AvgIpc) is 2.93. The number of amides is 1. The van der Waals surface area contributed by atoms with Crippen LogP contribution in [0.4, 0.5) is 16.4 Å². The van der Waals surface area contributed by atoms with Gasteiger partial charge in [-0.1, -0.05) is 48.0 Å². The Morgan fingerprint density at radius 1 is 1.10 bits per heavy atom. The summed E-state index contributed by atoms with van der Waals surface area (Å²) in [6, 6.07) is 18.2. The highest BCUT2D eigenvalue weighted by Crippen LogP contribution is 2.18. The number of hydrogen-bond donors (Lipinski definition) is 2. The van der Waals surface area contributed by atoms with Crippen LogP contribution in [0.2, 0.25) is 5.15 Å². The SMILES string of the molecule is CN(CCOC(=O)NCc1ccc(COc2cc(Cl)nc(N)n2)cc1)c1ccc(/C=C(\C#N)C(=O)OC(C)(C)C)cc1. The number of nitrogens with two attached hydrogens (primary N) is 1. The third-order valence-electron chi connectivity index (χ3n) is 5.58. The lowest BCUT2D eigenvalue weighted by molar-refractivity contribution is -0.149. The van der Waals surface area contributed by atoms with E-state index in [1.165, 1.54) is 12.1 Å². The molecule has 0 aliphatic rings. The van der Waals surface area contributed by atoms with Crippen LogP contribution in [-0.4, -0.2) is 47.8 Å². The molecular weight excluding hydrogens is 560 g/mol. The average molecular weight is 593 g/mol. The molecule has 0 saturated heterocycles. The number of alkyl carbamates (subject to hydrolysis) is 1. The van der Waals surface area contributed by atoms with Crippen molar-refractivity contribution in [2.45, 2.75) is 39.5 Å². The van der Waals surface area contributed by atoms with Gasteiger partial charge in [0, 0.05) is 25.3 Å². The molecule has 0 spiro atoms. The van der Waals surface area contributed by atoms with Gasteiger partial charge in [0.25, 0.3) is 0 Å². The second-order valence-corrected chi connectivity index (χ2v) is 10.6. The number of likely N-dealkylation sites (N-methyl/N-ethyl adjacent to an activating group) is 1. The first-order valence-corrected chi connectivity index (χ1v) is 13.4. The fourth-order valence-corrected chi connectivity index (χ4v) is 3.67. The number of carbonyl (C=O) groups excluding carboxylic acids is 2. The molecule has 0 bridgehead atoms. The molecule has 0 atom stereocenters. The van der Waals surface area contributed by atoms with Crippen LogP contribution in [0.1, 0.15) is 37.5 Å². The second-order valence-electron chi connectivity index (χ2n) is 10.2. The summed E-state index contributed by atoms with van der Waals surface area (Å²) in [5.41, 5.74) is 8.15. The number of aromatic nitrogens is 2. The summed E-state index contributed by atoms with van der Waals surface area (Å²) < 4.78 is 16.2. The molecule has 12 heteroatoms. The lowest BCUT2D eigenvalue weighted by atomic mass is 10.1. The molecule has 3 rings (SSSR count). The fourth-order valence-electron chi connectivity index (χ4n) is 3.49. The van der Waals surface area contributed by atoms with Gasteiger partial charge < -0.3 is 30.2 Å². The van der Waals surface area contributed by atoms with Crippen LogP contribution in [0, 0.1) is 11.3 Å². The summed E-state index contributed by atoms with van der Waals surface area (Å²) in [6.07, 6.45) is 0.959. The molecule has 1 aromatic heterocycles. The van der Waals surface area contributed by atoms with Crippen molar-refractivity contribution < 1.29 is 23.8 Å². The van der Waals surface area contributed by atoms with Crippen LogP contribution in [0.25, 0.3) is 6.08 Å². The Kier molecular flexibility index (Phi) is 11.1. The van der Waals surface area contributed by atoms with Gasteiger partial charge in [-0.15, -0.1) is 0 Å². The first kappa shape index (κ1) is 31.7. The van der Waals surface area contributed by atoms with Crippen molar-refractivity contribution in [2.24, 2.45) is 0 Å². The highest BCUT2D eigenvalue weighted by atomic mass is 35.5. The van der Waals surface area contributed by atoms with Crippen molar-refractivity contribution >= 4 is 41.4 Å². The number of nitriles is 1. The Balaban J connectivity index is 1.39. The monoisotopic (exact) mass is 592 g/mol. The minimum atomic E-state index is -0.688. The summed E-state index contributed by atoms with van der Waals surface area (Å²) in [6.45, 7) is 6.43. The molecule has 220 valence electrons. The maximum Gasteiger partial charge on any atom is 0.407 e. The largest absolute Gasteiger partial charge is 0.473 e. The normalized spacial score (nSPS) is 11.3. The van der Waals surface area contributed by atoms with E-state index in [1.807, 2.05) is 54.4 Å². The lowest BCUT2D eigenvalue weighted by Gasteiger charge is -2.20. The van der Waals surface area contributed by atoms with Crippen molar-refractivity contribution in [2.75, 3.05) is 30.8 Å². The number of nitrogen functional groups attached to an aromatic ring is 1. The number of esters is 1. The quantitative estimate of drug-likeness (QED) is 0.136. The van der Waals surface area contributed by atoms with Gasteiger partial charge in [-0.3, -0.25) is 0 Å². The third kappa shape index (κ3) is 10.6. The molecule has 11 nitrogen and oxygen atoms in total. The Morgan fingerprint density at radius 2 is 1.76 bits per heavy atom. The van der Waals surface area contributed by atoms with Crippen molar-refractivity contribution in [3.63, 3.8) is 0 Å². The van der Waals surface area contributed by atoms with Gasteiger partial charge >= 0.3 is 12.1 Å². The molecular formula is C30H33ClN6O5. The summed E-state index contributed by atoms with van der Waals surface area (Å²) >= 11 is 5.85. The van der Waals surface area contributed by atoms with Crippen LogP contribution < -0.4 is 20.7 Å². The number of carbonyl (C=O) groups is 2. The molecule has 3 aromatic rings. The number of anilines is 2. The van der Waals surface area contributed by atoms with Gasteiger partial charge in [-0.25, -0.2) is 14.6 Å². The van der Waals surface area contributed by atoms with Gasteiger partial charge in [0.15, 0.2) is 0 Å². The van der Waals surface area contributed by atoms with Gasteiger partial charge in [-0.05, 0) is 55.7 Å². The summed E-state index contributed by atoms with van der Waals surface area (Å²) in [4.78, 5) is 34.0. The molecule has 0 aliphatic carbocycles. The first-order chi connectivity index (χ1) is 19.9. The lowest BCUT2D eigenvalue weighted by Crippen LogP contribution is -2.28. The first-order valence-electron chi connectivity index (χ1n) is 13.0.